The molecule has 7 heteroatoms. The van der Waals surface area contributed by atoms with Gasteiger partial charge in [0.25, 0.3) is 0 Å². The molecule has 0 unspecified atom stereocenters. The summed E-state index contributed by atoms with van der Waals surface area (Å²) in [6.45, 7) is 3.35. The molecule has 134 valence electrons. The Labute approximate surface area is 149 Å². The van der Waals surface area contributed by atoms with Gasteiger partial charge in [-0.05, 0) is 38.1 Å². The van der Waals surface area contributed by atoms with Crippen molar-refractivity contribution in [1.82, 2.24) is 9.88 Å². The second kappa shape index (κ2) is 6.92. The molecule has 4 rings (SSSR count). The summed E-state index contributed by atoms with van der Waals surface area (Å²) in [6, 6.07) is 5.94. The third-order valence-electron chi connectivity index (χ3n) is 4.71. The predicted octanol–water partition coefficient (Wildman–Crippen LogP) is 2.79. The van der Waals surface area contributed by atoms with Crippen LogP contribution in [0.5, 0.6) is 0 Å². The van der Waals surface area contributed by atoms with Crippen LogP contribution in [-0.2, 0) is 0 Å². The van der Waals surface area contributed by atoms with Crippen LogP contribution in [0, 0.1) is 5.82 Å². The molecule has 0 bridgehead atoms. The number of nitrogens with zero attached hydrogens (tertiary/aromatic N) is 3. The Morgan fingerprint density at radius 1 is 1.19 bits per heavy atom. The molecule has 1 aliphatic carbocycles. The molecule has 0 atom stereocenters. The van der Waals surface area contributed by atoms with Crippen LogP contribution < -0.4 is 0 Å². The molecule has 1 saturated heterocycles. The summed E-state index contributed by atoms with van der Waals surface area (Å²) in [4.78, 5) is 35.6. The van der Waals surface area contributed by atoms with Crippen molar-refractivity contribution < 1.29 is 18.4 Å². The quantitative estimate of drug-likeness (QED) is 0.843. The standard InChI is InChI=1S/C19H18FN3O3/c20-13-6-2-1-5-12(13)19-22-16-15(24)11-14(17(25)18(16)26-19)21-7-10-23-8-3-4-9-23/h1-2,5-6H,3-4,7-11H2. The van der Waals surface area contributed by atoms with E-state index in [-0.39, 0.29) is 40.8 Å². The van der Waals surface area contributed by atoms with Crippen molar-refractivity contribution in [3.05, 3.63) is 41.5 Å². The number of carbonyl (C=O) groups is 2. The maximum Gasteiger partial charge on any atom is 0.244 e. The molecule has 0 saturated carbocycles. The van der Waals surface area contributed by atoms with Crippen molar-refractivity contribution in [3.63, 3.8) is 0 Å². The smallest absolute Gasteiger partial charge is 0.244 e. The summed E-state index contributed by atoms with van der Waals surface area (Å²) < 4.78 is 19.4. The summed E-state index contributed by atoms with van der Waals surface area (Å²) in [5.41, 5.74) is 0.277. The molecule has 0 N–H and O–H groups in total. The van der Waals surface area contributed by atoms with Gasteiger partial charge >= 0.3 is 0 Å². The van der Waals surface area contributed by atoms with E-state index in [4.69, 9.17) is 4.42 Å². The van der Waals surface area contributed by atoms with E-state index in [1.165, 1.54) is 25.0 Å². The maximum absolute atomic E-state index is 13.9. The number of hydrogen-bond donors (Lipinski definition) is 0. The first-order valence-corrected chi connectivity index (χ1v) is 8.73. The zero-order valence-corrected chi connectivity index (χ0v) is 14.2. The average Bonchev–Trinajstić information content (AvgIpc) is 3.29. The van der Waals surface area contributed by atoms with Gasteiger partial charge in [0, 0.05) is 6.54 Å². The molecule has 0 amide bonds. The highest BCUT2D eigenvalue weighted by Crippen LogP contribution is 2.28. The molecule has 2 aliphatic rings. The fraction of sp³-hybridized carbons (Fsp3) is 0.368. The number of rotatable bonds is 4. The number of hydrogen-bond acceptors (Lipinski definition) is 6. The van der Waals surface area contributed by atoms with Gasteiger partial charge in [0.2, 0.25) is 17.4 Å². The molecule has 1 fully saturated rings. The molecule has 2 aromatic rings. The van der Waals surface area contributed by atoms with Crippen LogP contribution in [0.25, 0.3) is 11.5 Å². The first-order chi connectivity index (χ1) is 12.6. The highest BCUT2D eigenvalue weighted by Gasteiger charge is 2.35. The third-order valence-corrected chi connectivity index (χ3v) is 4.71. The van der Waals surface area contributed by atoms with Gasteiger partial charge in [-0.3, -0.25) is 14.6 Å². The number of aliphatic imine (C=N–C) groups is 1. The number of halogens is 1. The van der Waals surface area contributed by atoms with E-state index in [9.17, 15) is 14.0 Å². The number of carbonyl (C=O) groups excluding carboxylic acids is 2. The number of ketones is 2. The molecule has 0 spiro atoms. The fourth-order valence-electron chi connectivity index (χ4n) is 3.32. The number of Topliss-reactive ketones (excluding diaryl/α,β-unsaturated/α-hetero) is 2. The van der Waals surface area contributed by atoms with Crippen molar-refractivity contribution in [2.75, 3.05) is 26.2 Å². The molecule has 1 aromatic carbocycles. The first-order valence-electron chi connectivity index (χ1n) is 8.73. The van der Waals surface area contributed by atoms with Gasteiger partial charge in [-0.15, -0.1) is 0 Å². The molecular weight excluding hydrogens is 337 g/mol. The van der Waals surface area contributed by atoms with Crippen LogP contribution in [0.15, 0.2) is 33.7 Å². The van der Waals surface area contributed by atoms with Crippen LogP contribution in [0.3, 0.4) is 0 Å². The summed E-state index contributed by atoms with van der Waals surface area (Å²) in [5, 5.41) is 0. The Morgan fingerprint density at radius 3 is 2.73 bits per heavy atom. The first kappa shape index (κ1) is 16.8. The van der Waals surface area contributed by atoms with Gasteiger partial charge in [-0.1, -0.05) is 12.1 Å². The minimum atomic E-state index is -0.523. The van der Waals surface area contributed by atoms with Gasteiger partial charge in [-0.2, -0.15) is 0 Å². The molecule has 1 aromatic heterocycles. The topological polar surface area (TPSA) is 75.8 Å². The van der Waals surface area contributed by atoms with Crippen molar-refractivity contribution in [3.8, 4) is 11.5 Å². The highest BCUT2D eigenvalue weighted by molar-refractivity contribution is 6.51. The lowest BCUT2D eigenvalue weighted by Crippen LogP contribution is -2.28. The van der Waals surface area contributed by atoms with Gasteiger partial charge in [0.1, 0.15) is 5.82 Å². The van der Waals surface area contributed by atoms with E-state index in [2.05, 4.69) is 14.9 Å². The van der Waals surface area contributed by atoms with Gasteiger partial charge in [0.05, 0.1) is 24.2 Å². The number of fused-ring (bicyclic) bond motifs is 1. The Hall–Kier alpha value is -2.67. The zero-order valence-electron chi connectivity index (χ0n) is 14.2. The minimum Gasteiger partial charge on any atom is -0.432 e. The van der Waals surface area contributed by atoms with E-state index in [1.807, 2.05) is 0 Å². The lowest BCUT2D eigenvalue weighted by atomic mass is 9.97. The van der Waals surface area contributed by atoms with Gasteiger partial charge in [-0.25, -0.2) is 9.37 Å². The fourth-order valence-corrected chi connectivity index (χ4v) is 3.32. The summed E-state index contributed by atoms with van der Waals surface area (Å²) in [5.74, 6) is -1.49. The largest absolute Gasteiger partial charge is 0.432 e. The summed E-state index contributed by atoms with van der Waals surface area (Å²) >= 11 is 0. The highest BCUT2D eigenvalue weighted by atomic mass is 19.1. The normalized spacial score (nSPS) is 19.3. The second-order valence-electron chi connectivity index (χ2n) is 6.48. The Bertz CT molecular complexity index is 897. The number of aromatic nitrogens is 1. The van der Waals surface area contributed by atoms with Crippen LogP contribution in [0.4, 0.5) is 4.39 Å². The minimum absolute atomic E-state index is 0.0354. The van der Waals surface area contributed by atoms with Crippen molar-refractivity contribution >= 4 is 17.3 Å². The van der Waals surface area contributed by atoms with E-state index >= 15 is 0 Å². The van der Waals surface area contributed by atoms with E-state index < -0.39 is 11.6 Å². The van der Waals surface area contributed by atoms with Crippen LogP contribution in [-0.4, -0.2) is 53.3 Å². The lowest BCUT2D eigenvalue weighted by Gasteiger charge is -2.13. The molecule has 26 heavy (non-hydrogen) atoms. The molecular formula is C19H18FN3O3. The number of benzene rings is 1. The van der Waals surface area contributed by atoms with E-state index in [0.717, 1.165) is 19.6 Å². The Morgan fingerprint density at radius 2 is 1.96 bits per heavy atom. The zero-order chi connectivity index (χ0) is 18.1. The van der Waals surface area contributed by atoms with Crippen LogP contribution in [0.1, 0.15) is 40.3 Å². The van der Waals surface area contributed by atoms with Crippen molar-refractivity contribution in [1.29, 1.82) is 0 Å². The van der Waals surface area contributed by atoms with Gasteiger partial charge in [0.15, 0.2) is 11.5 Å². The molecule has 2 heterocycles. The Balaban J connectivity index is 1.57. The van der Waals surface area contributed by atoms with Crippen molar-refractivity contribution in [2.45, 2.75) is 19.3 Å². The van der Waals surface area contributed by atoms with Crippen LogP contribution in [0.2, 0.25) is 0 Å². The van der Waals surface area contributed by atoms with Crippen molar-refractivity contribution in [2.24, 2.45) is 4.99 Å². The second-order valence-corrected chi connectivity index (χ2v) is 6.48. The van der Waals surface area contributed by atoms with Gasteiger partial charge < -0.3 is 9.32 Å². The summed E-state index contributed by atoms with van der Waals surface area (Å²) in [7, 11) is 0. The molecule has 0 radical (unpaired) electrons. The monoisotopic (exact) mass is 355 g/mol. The number of oxazole rings is 1. The van der Waals surface area contributed by atoms with E-state index in [1.54, 1.807) is 12.1 Å². The molecule has 1 aliphatic heterocycles. The molecule has 6 nitrogen and oxygen atoms in total. The van der Waals surface area contributed by atoms with E-state index in [0.29, 0.717) is 6.54 Å². The lowest BCUT2D eigenvalue weighted by molar-refractivity contribution is 0.0949. The SMILES string of the molecule is O=C1CC(=NCCN2CCCC2)C(=O)c2oc(-c3ccccc3F)nc21. The maximum atomic E-state index is 13.9. The number of likely N-dealkylation sites (tertiary alicyclic amines) is 1. The summed E-state index contributed by atoms with van der Waals surface area (Å²) in [6.07, 6.45) is 2.29. The predicted molar refractivity (Wildman–Crippen MR) is 93.2 cm³/mol. The van der Waals surface area contributed by atoms with Crippen LogP contribution >= 0.6 is 0 Å². The third kappa shape index (κ3) is 3.10. The average molecular weight is 355 g/mol. The Kier molecular flexibility index (Phi) is 4.46.